The molecule has 1 aliphatic heterocycles. The molecule has 1 aliphatic rings. The molecule has 0 saturated carbocycles. The highest BCUT2D eigenvalue weighted by atomic mass is 32.2. The summed E-state index contributed by atoms with van der Waals surface area (Å²) in [6.07, 6.45) is 6.59. The first kappa shape index (κ1) is 25.6. The monoisotopic (exact) mass is 501 g/mol. The van der Waals surface area contributed by atoms with Crippen LogP contribution in [-0.4, -0.2) is 36.5 Å². The third-order valence-corrected chi connectivity index (χ3v) is 7.55. The van der Waals surface area contributed by atoms with Crippen molar-refractivity contribution < 1.29 is 18.5 Å². The Bertz CT molecular complexity index is 1280. The van der Waals surface area contributed by atoms with Crippen LogP contribution in [0.1, 0.15) is 54.1 Å². The lowest BCUT2D eigenvalue weighted by molar-refractivity contribution is 0.104. The summed E-state index contributed by atoms with van der Waals surface area (Å²) in [6.45, 7) is 3.43. The quantitative estimate of drug-likeness (QED) is 0.162. The van der Waals surface area contributed by atoms with Gasteiger partial charge in [-0.05, 0) is 42.3 Å². The van der Waals surface area contributed by atoms with E-state index < -0.39 is 10.8 Å². The maximum absolute atomic E-state index is 13.6. The molecule has 0 aliphatic carbocycles. The fraction of sp³-hybridized carbons (Fsp3) is 0.267. The van der Waals surface area contributed by atoms with Crippen LogP contribution in [-0.2, 0) is 10.8 Å². The van der Waals surface area contributed by atoms with Gasteiger partial charge < -0.3 is 9.47 Å². The van der Waals surface area contributed by atoms with Crippen LogP contribution >= 0.6 is 0 Å². The molecule has 36 heavy (non-hydrogen) atoms. The van der Waals surface area contributed by atoms with Gasteiger partial charge in [0.2, 0.25) is 5.78 Å². The number of methoxy groups -OCH3 is 1. The summed E-state index contributed by atoms with van der Waals surface area (Å²) in [5, 5.41) is 0. The molecule has 3 aromatic rings. The zero-order chi connectivity index (χ0) is 25.3. The van der Waals surface area contributed by atoms with E-state index in [1.807, 2.05) is 60.8 Å². The lowest BCUT2D eigenvalue weighted by Crippen LogP contribution is -2.07. The summed E-state index contributed by atoms with van der Waals surface area (Å²) in [5.41, 5.74) is 2.77. The molecule has 6 heteroatoms. The largest absolute Gasteiger partial charge is 0.497 e. The first-order valence-corrected chi connectivity index (χ1v) is 13.4. The van der Waals surface area contributed by atoms with Crippen LogP contribution in [0.25, 0.3) is 5.57 Å². The van der Waals surface area contributed by atoms with E-state index in [1.54, 1.807) is 25.3 Å². The number of hydrogen-bond donors (Lipinski definition) is 0. The maximum Gasteiger partial charge on any atom is 0.202 e. The molecule has 0 amide bonds. The van der Waals surface area contributed by atoms with Crippen LogP contribution in [0.4, 0.5) is 0 Å². The highest BCUT2D eigenvalue weighted by Gasteiger charge is 2.34. The number of benzene rings is 3. The van der Waals surface area contributed by atoms with E-state index in [-0.39, 0.29) is 10.7 Å². The highest BCUT2D eigenvalue weighted by Crippen LogP contribution is 2.43. The minimum absolute atomic E-state index is 0.241. The van der Waals surface area contributed by atoms with Crippen LogP contribution in [0.5, 0.6) is 11.5 Å². The molecule has 0 N–H and O–H groups in total. The normalized spacial score (nSPS) is 14.8. The second kappa shape index (κ2) is 12.5. The molecular weight excluding hydrogens is 470 g/mol. The Labute approximate surface area is 215 Å². The summed E-state index contributed by atoms with van der Waals surface area (Å²) in [5.74, 6) is 1.07. The van der Waals surface area contributed by atoms with Crippen molar-refractivity contribution >= 4 is 28.4 Å². The smallest absolute Gasteiger partial charge is 0.202 e. The van der Waals surface area contributed by atoms with E-state index in [1.165, 1.54) is 19.3 Å². The molecule has 1 unspecified atom stereocenters. The van der Waals surface area contributed by atoms with Crippen LogP contribution in [0.2, 0.25) is 0 Å². The topological polar surface area (TPSA) is 65.0 Å². The Balaban J connectivity index is 1.57. The minimum Gasteiger partial charge on any atom is -0.497 e. The van der Waals surface area contributed by atoms with Gasteiger partial charge in [-0.15, -0.1) is 0 Å². The molecule has 0 saturated heterocycles. The molecule has 3 aromatic carbocycles. The van der Waals surface area contributed by atoms with Crippen molar-refractivity contribution in [3.63, 3.8) is 0 Å². The lowest BCUT2D eigenvalue weighted by atomic mass is 9.95. The summed E-state index contributed by atoms with van der Waals surface area (Å²) >= 11 is 0. The number of allylic oxidation sites excluding steroid dienone is 1. The minimum atomic E-state index is -1.62. The summed E-state index contributed by atoms with van der Waals surface area (Å²) in [4.78, 5) is 18.8. The lowest BCUT2D eigenvalue weighted by Gasteiger charge is -2.10. The zero-order valence-electron chi connectivity index (χ0n) is 20.7. The Morgan fingerprint density at radius 2 is 1.69 bits per heavy atom. The number of aliphatic imine (C=N–C) groups is 1. The first-order chi connectivity index (χ1) is 17.6. The van der Waals surface area contributed by atoms with Crippen molar-refractivity contribution in [1.82, 2.24) is 0 Å². The third kappa shape index (κ3) is 5.82. The van der Waals surface area contributed by atoms with Gasteiger partial charge in [0.1, 0.15) is 23.0 Å². The van der Waals surface area contributed by atoms with Crippen molar-refractivity contribution in [2.45, 2.75) is 37.5 Å². The van der Waals surface area contributed by atoms with Gasteiger partial charge in [0, 0.05) is 29.5 Å². The molecule has 4 rings (SSSR count). The molecule has 1 heterocycles. The molecule has 0 bridgehead atoms. The molecular formula is C30H31NO4S. The fourth-order valence-corrected chi connectivity index (χ4v) is 5.66. The van der Waals surface area contributed by atoms with E-state index in [9.17, 15) is 9.00 Å². The van der Waals surface area contributed by atoms with E-state index in [2.05, 4.69) is 11.9 Å². The van der Waals surface area contributed by atoms with Crippen LogP contribution < -0.4 is 9.47 Å². The van der Waals surface area contributed by atoms with Gasteiger partial charge in [-0.1, -0.05) is 68.7 Å². The molecule has 0 fully saturated rings. The Kier molecular flexibility index (Phi) is 8.85. The van der Waals surface area contributed by atoms with Gasteiger partial charge in [0.15, 0.2) is 0 Å². The van der Waals surface area contributed by atoms with E-state index in [0.717, 1.165) is 24.1 Å². The predicted octanol–water partition coefficient (Wildman–Crippen LogP) is 6.49. The molecule has 0 spiro atoms. The van der Waals surface area contributed by atoms with Crippen molar-refractivity contribution in [2.24, 2.45) is 4.99 Å². The molecule has 186 valence electrons. The standard InChI is InChI=1S/C30H31NO4S/c1-3-4-5-9-18-31-19-20-35-24-14-12-22(13-15-24)28-26-17-16-25(34-2)21-27(26)36(33)30(28)29(32)23-10-7-6-8-11-23/h6-8,10-17,19,21H,3-5,9,18,20H2,1-2H3. The number of Topliss-reactive ketones (excluding diaryl/α,β-unsaturated/α-hetero) is 1. The van der Waals surface area contributed by atoms with Crippen LogP contribution in [0, 0.1) is 0 Å². The molecule has 0 aromatic heterocycles. The Hall–Kier alpha value is -3.51. The maximum atomic E-state index is 13.6. The number of hydrogen-bond acceptors (Lipinski definition) is 5. The van der Waals surface area contributed by atoms with Gasteiger partial charge in [-0.25, -0.2) is 4.21 Å². The molecule has 5 nitrogen and oxygen atoms in total. The van der Waals surface area contributed by atoms with Crippen LogP contribution in [0.15, 0.2) is 87.6 Å². The number of nitrogens with zero attached hydrogens (tertiary/aromatic N) is 1. The highest BCUT2D eigenvalue weighted by molar-refractivity contribution is 7.90. The van der Waals surface area contributed by atoms with E-state index >= 15 is 0 Å². The fourth-order valence-electron chi connectivity index (χ4n) is 4.14. The molecule has 0 radical (unpaired) electrons. The number of rotatable bonds is 12. The summed E-state index contributed by atoms with van der Waals surface area (Å²) in [7, 11) is -0.0539. The van der Waals surface area contributed by atoms with Crippen molar-refractivity contribution in [1.29, 1.82) is 0 Å². The van der Waals surface area contributed by atoms with Gasteiger partial charge in [0.05, 0.1) is 22.8 Å². The summed E-state index contributed by atoms with van der Waals surface area (Å²) < 4.78 is 24.7. The number of fused-ring (bicyclic) bond motifs is 1. The van der Waals surface area contributed by atoms with E-state index in [0.29, 0.717) is 34.1 Å². The third-order valence-electron chi connectivity index (χ3n) is 6.05. The van der Waals surface area contributed by atoms with Crippen molar-refractivity contribution in [3.8, 4) is 11.5 Å². The Morgan fingerprint density at radius 1 is 0.944 bits per heavy atom. The first-order valence-electron chi connectivity index (χ1n) is 12.3. The average molecular weight is 502 g/mol. The summed E-state index contributed by atoms with van der Waals surface area (Å²) in [6, 6.07) is 21.9. The number of carbonyl (C=O) groups is 1. The van der Waals surface area contributed by atoms with Crippen LogP contribution in [0.3, 0.4) is 0 Å². The van der Waals surface area contributed by atoms with Crippen molar-refractivity contribution in [2.75, 3.05) is 20.3 Å². The number of carbonyl (C=O) groups excluding carboxylic acids is 1. The predicted molar refractivity (Wildman–Crippen MR) is 146 cm³/mol. The number of ketones is 1. The van der Waals surface area contributed by atoms with Gasteiger partial charge in [-0.2, -0.15) is 0 Å². The Morgan fingerprint density at radius 3 is 2.42 bits per heavy atom. The van der Waals surface area contributed by atoms with E-state index in [4.69, 9.17) is 9.47 Å². The average Bonchev–Trinajstić information content (AvgIpc) is 3.22. The van der Waals surface area contributed by atoms with Gasteiger partial charge >= 0.3 is 0 Å². The van der Waals surface area contributed by atoms with Gasteiger partial charge in [-0.3, -0.25) is 9.79 Å². The van der Waals surface area contributed by atoms with Gasteiger partial charge in [0.25, 0.3) is 0 Å². The number of unbranched alkanes of at least 4 members (excludes halogenated alkanes) is 3. The second-order valence-corrected chi connectivity index (χ2v) is 9.90. The number of ether oxygens (including phenoxy) is 2. The molecule has 1 atom stereocenters. The van der Waals surface area contributed by atoms with Crippen molar-refractivity contribution in [3.05, 3.63) is 94.4 Å². The zero-order valence-corrected chi connectivity index (χ0v) is 21.6. The second-order valence-electron chi connectivity index (χ2n) is 8.51. The SMILES string of the molecule is CCCCCCN=CCOc1ccc(C2=C(C(=O)c3ccccc3)S(=O)c3cc(OC)ccc32)cc1.